The van der Waals surface area contributed by atoms with Crippen LogP contribution in [0.3, 0.4) is 0 Å². The maximum atomic E-state index is 5.88. The van der Waals surface area contributed by atoms with E-state index >= 15 is 0 Å². The van der Waals surface area contributed by atoms with Crippen LogP contribution in [0.1, 0.15) is 19.0 Å². The van der Waals surface area contributed by atoms with Crippen LogP contribution in [0.4, 0.5) is 0 Å². The van der Waals surface area contributed by atoms with Crippen LogP contribution in [0.15, 0.2) is 24.3 Å². The van der Waals surface area contributed by atoms with Gasteiger partial charge in [0.05, 0.1) is 5.69 Å². The van der Waals surface area contributed by atoms with Crippen molar-refractivity contribution < 1.29 is 0 Å². The van der Waals surface area contributed by atoms with E-state index in [0.29, 0.717) is 6.54 Å². The molecule has 0 saturated carbocycles. The van der Waals surface area contributed by atoms with Gasteiger partial charge in [-0.15, -0.1) is 5.10 Å². The maximum Gasteiger partial charge on any atom is 0.104 e. The van der Waals surface area contributed by atoms with E-state index in [1.54, 1.807) is 0 Å². The summed E-state index contributed by atoms with van der Waals surface area (Å²) < 4.78 is 1.89. The lowest BCUT2D eigenvalue weighted by molar-refractivity contribution is 0.584. The molecular weight excluding hydrogens is 236 g/mol. The predicted octanol–water partition coefficient (Wildman–Crippen LogP) is 2.47. The molecule has 0 aliphatic heterocycles. The van der Waals surface area contributed by atoms with Gasteiger partial charge in [-0.2, -0.15) is 0 Å². The van der Waals surface area contributed by atoms with Crippen LogP contribution in [-0.4, -0.2) is 15.0 Å². The summed E-state index contributed by atoms with van der Waals surface area (Å²) in [4.78, 5) is 0. The highest BCUT2D eigenvalue weighted by atomic mass is 35.5. The molecule has 0 atom stereocenters. The summed E-state index contributed by atoms with van der Waals surface area (Å²) in [6, 6.07) is 7.65. The second-order valence-corrected chi connectivity index (χ2v) is 4.26. The molecule has 0 aliphatic carbocycles. The van der Waals surface area contributed by atoms with Gasteiger partial charge in [0.15, 0.2) is 0 Å². The highest BCUT2D eigenvalue weighted by Gasteiger charge is 2.12. The average molecular weight is 251 g/mol. The Morgan fingerprint density at radius 2 is 2.00 bits per heavy atom. The number of halogens is 1. The van der Waals surface area contributed by atoms with Crippen LogP contribution in [0, 0.1) is 0 Å². The van der Waals surface area contributed by atoms with Crippen molar-refractivity contribution in [3.8, 4) is 11.3 Å². The topological polar surface area (TPSA) is 56.7 Å². The molecular formula is C12H15ClN4. The summed E-state index contributed by atoms with van der Waals surface area (Å²) in [5, 5.41) is 8.96. The van der Waals surface area contributed by atoms with Gasteiger partial charge in [-0.25, -0.2) is 4.68 Å². The van der Waals surface area contributed by atoms with Crippen molar-refractivity contribution >= 4 is 11.6 Å². The Morgan fingerprint density at radius 3 is 2.59 bits per heavy atom. The van der Waals surface area contributed by atoms with E-state index < -0.39 is 0 Å². The van der Waals surface area contributed by atoms with E-state index in [4.69, 9.17) is 17.3 Å². The molecule has 2 aromatic rings. The van der Waals surface area contributed by atoms with Gasteiger partial charge in [-0.1, -0.05) is 35.9 Å². The van der Waals surface area contributed by atoms with E-state index in [1.807, 2.05) is 28.9 Å². The third-order valence-corrected chi connectivity index (χ3v) is 2.80. The minimum Gasteiger partial charge on any atom is -0.325 e. The molecule has 1 heterocycles. The maximum absolute atomic E-state index is 5.88. The zero-order valence-electron chi connectivity index (χ0n) is 9.73. The van der Waals surface area contributed by atoms with Crippen LogP contribution in [0.25, 0.3) is 11.3 Å². The first kappa shape index (κ1) is 12.1. The summed E-state index contributed by atoms with van der Waals surface area (Å²) in [7, 11) is 0. The predicted molar refractivity (Wildman–Crippen MR) is 68.7 cm³/mol. The Hall–Kier alpha value is -1.39. The molecule has 2 N–H and O–H groups in total. The van der Waals surface area contributed by atoms with Crippen LogP contribution < -0.4 is 5.73 Å². The number of benzene rings is 1. The Morgan fingerprint density at radius 1 is 1.29 bits per heavy atom. The lowest BCUT2D eigenvalue weighted by Gasteiger charge is -2.06. The summed E-state index contributed by atoms with van der Waals surface area (Å²) >= 11 is 5.88. The van der Waals surface area contributed by atoms with Gasteiger partial charge >= 0.3 is 0 Å². The number of hydrogen-bond acceptors (Lipinski definition) is 3. The Labute approximate surface area is 105 Å². The Balaban J connectivity index is 2.47. The first-order valence-corrected chi connectivity index (χ1v) is 6.02. The highest BCUT2D eigenvalue weighted by molar-refractivity contribution is 6.30. The molecule has 0 unspecified atom stereocenters. The first-order valence-electron chi connectivity index (χ1n) is 5.64. The molecule has 2 rings (SSSR count). The minimum atomic E-state index is 0.391. The lowest BCUT2D eigenvalue weighted by Crippen LogP contribution is -2.04. The molecule has 0 radical (unpaired) electrons. The van der Waals surface area contributed by atoms with Gasteiger partial charge in [0, 0.05) is 23.7 Å². The fourth-order valence-corrected chi connectivity index (χ4v) is 1.90. The number of aromatic nitrogens is 3. The average Bonchev–Trinajstić information content (AvgIpc) is 2.74. The van der Waals surface area contributed by atoms with Crippen LogP contribution in [0.5, 0.6) is 0 Å². The van der Waals surface area contributed by atoms with Gasteiger partial charge in [0.2, 0.25) is 0 Å². The van der Waals surface area contributed by atoms with Gasteiger partial charge in [0.25, 0.3) is 0 Å². The van der Waals surface area contributed by atoms with Crippen molar-refractivity contribution in [2.75, 3.05) is 0 Å². The molecule has 0 bridgehead atoms. The van der Waals surface area contributed by atoms with Crippen molar-refractivity contribution in [1.29, 1.82) is 0 Å². The number of hydrogen-bond donors (Lipinski definition) is 1. The van der Waals surface area contributed by atoms with Gasteiger partial charge in [0.1, 0.15) is 5.69 Å². The summed E-state index contributed by atoms with van der Waals surface area (Å²) in [5.41, 5.74) is 8.55. The van der Waals surface area contributed by atoms with Crippen LogP contribution in [-0.2, 0) is 13.1 Å². The van der Waals surface area contributed by atoms with Crippen LogP contribution >= 0.6 is 11.6 Å². The van der Waals surface area contributed by atoms with Crippen molar-refractivity contribution in [1.82, 2.24) is 15.0 Å². The molecule has 4 nitrogen and oxygen atoms in total. The van der Waals surface area contributed by atoms with E-state index in [-0.39, 0.29) is 0 Å². The fourth-order valence-electron chi connectivity index (χ4n) is 1.78. The largest absolute Gasteiger partial charge is 0.325 e. The molecule has 0 fully saturated rings. The Bertz CT molecular complexity index is 490. The van der Waals surface area contributed by atoms with Gasteiger partial charge in [-0.3, -0.25) is 0 Å². The second-order valence-electron chi connectivity index (χ2n) is 3.82. The molecule has 0 saturated heterocycles. The quantitative estimate of drug-likeness (QED) is 0.907. The molecule has 17 heavy (non-hydrogen) atoms. The van der Waals surface area contributed by atoms with Gasteiger partial charge < -0.3 is 5.73 Å². The molecule has 0 amide bonds. The van der Waals surface area contributed by atoms with Crippen molar-refractivity contribution in [2.45, 2.75) is 26.4 Å². The van der Waals surface area contributed by atoms with E-state index in [0.717, 1.165) is 34.9 Å². The van der Waals surface area contributed by atoms with Crippen molar-refractivity contribution in [3.63, 3.8) is 0 Å². The number of nitrogens with zero attached hydrogens (tertiary/aromatic N) is 3. The molecule has 1 aromatic carbocycles. The number of rotatable bonds is 4. The number of nitrogens with two attached hydrogens (primary N) is 1. The highest BCUT2D eigenvalue weighted by Crippen LogP contribution is 2.24. The Kier molecular flexibility index (Phi) is 3.76. The third kappa shape index (κ3) is 2.48. The van der Waals surface area contributed by atoms with E-state index in [1.165, 1.54) is 0 Å². The van der Waals surface area contributed by atoms with Crippen molar-refractivity contribution in [3.05, 3.63) is 35.0 Å². The van der Waals surface area contributed by atoms with Crippen molar-refractivity contribution in [2.24, 2.45) is 5.73 Å². The first-order chi connectivity index (χ1) is 8.26. The zero-order chi connectivity index (χ0) is 12.3. The molecule has 1 aromatic heterocycles. The van der Waals surface area contributed by atoms with Crippen LogP contribution in [0.2, 0.25) is 5.02 Å². The second kappa shape index (κ2) is 5.29. The molecule has 5 heteroatoms. The normalized spacial score (nSPS) is 10.8. The fraction of sp³-hybridized carbons (Fsp3) is 0.333. The smallest absolute Gasteiger partial charge is 0.104 e. The van der Waals surface area contributed by atoms with E-state index in [2.05, 4.69) is 17.2 Å². The minimum absolute atomic E-state index is 0.391. The summed E-state index contributed by atoms with van der Waals surface area (Å²) in [5.74, 6) is 0. The van der Waals surface area contributed by atoms with Gasteiger partial charge in [-0.05, 0) is 18.6 Å². The molecule has 0 spiro atoms. The SMILES string of the molecule is CCCn1nnc(CN)c1-c1ccc(Cl)cc1. The summed E-state index contributed by atoms with van der Waals surface area (Å²) in [6.07, 6.45) is 1.01. The monoisotopic (exact) mass is 250 g/mol. The molecule has 0 aliphatic rings. The summed E-state index contributed by atoms with van der Waals surface area (Å²) in [6.45, 7) is 3.34. The standard InChI is InChI=1S/C12H15ClN4/c1-2-7-17-12(11(8-14)15-16-17)9-3-5-10(13)6-4-9/h3-6H,2,7-8,14H2,1H3. The van der Waals surface area contributed by atoms with E-state index in [9.17, 15) is 0 Å². The number of aryl methyl sites for hydroxylation is 1. The molecule has 90 valence electrons. The zero-order valence-corrected chi connectivity index (χ0v) is 10.5. The lowest BCUT2D eigenvalue weighted by atomic mass is 10.1. The third-order valence-electron chi connectivity index (χ3n) is 2.55.